The van der Waals surface area contributed by atoms with Crippen LogP contribution in [0.25, 0.3) is 16.9 Å². The molecule has 1 aliphatic heterocycles. The van der Waals surface area contributed by atoms with Crippen LogP contribution in [0.1, 0.15) is 12.5 Å². The van der Waals surface area contributed by atoms with Gasteiger partial charge < -0.3 is 19.3 Å². The number of aromatic nitrogens is 2. The minimum atomic E-state index is -0.136. The second kappa shape index (κ2) is 9.44. The van der Waals surface area contributed by atoms with Crippen LogP contribution in [0.5, 0.6) is 5.75 Å². The molecular weight excluding hydrogens is 404 g/mol. The molecule has 0 spiro atoms. The average Bonchev–Trinajstić information content (AvgIpc) is 2.84. The lowest BCUT2D eigenvalue weighted by Crippen LogP contribution is -2.36. The largest absolute Gasteiger partial charge is 0.497 e. The number of aryl methyl sites for hydroxylation is 1. The third-order valence-corrected chi connectivity index (χ3v) is 5.94. The van der Waals surface area contributed by atoms with Crippen LogP contribution in [0.2, 0.25) is 0 Å². The van der Waals surface area contributed by atoms with E-state index in [1.165, 1.54) is 4.68 Å². The van der Waals surface area contributed by atoms with Crippen LogP contribution in [0.15, 0.2) is 53.3 Å². The van der Waals surface area contributed by atoms with E-state index in [4.69, 9.17) is 14.6 Å². The summed E-state index contributed by atoms with van der Waals surface area (Å²) in [5.41, 5.74) is 4.93. The molecule has 0 amide bonds. The van der Waals surface area contributed by atoms with Gasteiger partial charge in [-0.15, -0.1) is 0 Å². The van der Waals surface area contributed by atoms with Gasteiger partial charge in [0.2, 0.25) is 0 Å². The zero-order chi connectivity index (χ0) is 22.7. The lowest BCUT2D eigenvalue weighted by molar-refractivity contribution is 0.122. The van der Waals surface area contributed by atoms with E-state index in [1.54, 1.807) is 7.11 Å². The third-order valence-electron chi connectivity index (χ3n) is 5.94. The molecule has 0 bridgehead atoms. The monoisotopic (exact) mass is 434 g/mol. The molecule has 0 unspecified atom stereocenters. The van der Waals surface area contributed by atoms with Gasteiger partial charge in [0.15, 0.2) is 0 Å². The Morgan fingerprint density at radius 3 is 2.62 bits per heavy atom. The first-order chi connectivity index (χ1) is 15.5. The number of benzene rings is 2. The van der Waals surface area contributed by atoms with Crippen molar-refractivity contribution in [2.24, 2.45) is 0 Å². The Hall–Kier alpha value is -3.32. The number of anilines is 2. The Kier molecular flexibility index (Phi) is 6.46. The van der Waals surface area contributed by atoms with E-state index in [1.807, 2.05) is 56.1 Å². The van der Waals surface area contributed by atoms with Crippen molar-refractivity contribution >= 4 is 11.4 Å². The number of hydrogen-bond donors (Lipinski definition) is 0. The van der Waals surface area contributed by atoms with Crippen molar-refractivity contribution in [3.63, 3.8) is 0 Å². The molecule has 0 atom stereocenters. The molecular formula is C25H30N4O3. The molecule has 3 aromatic rings. The standard InChI is InChI=1S/C25H30N4O3/c1-5-27(3)24-17-22(19-7-6-8-21(15-19)31-4)26-29(25(24)30)23-16-20(10-9-18(23)2)28-11-13-32-14-12-28/h6-10,15-17H,5,11-14H2,1-4H3. The number of ether oxygens (including phenoxy) is 2. The molecule has 0 aliphatic carbocycles. The number of rotatable bonds is 6. The lowest BCUT2D eigenvalue weighted by atomic mass is 10.1. The van der Waals surface area contributed by atoms with Gasteiger partial charge in [-0.2, -0.15) is 9.78 Å². The zero-order valence-corrected chi connectivity index (χ0v) is 19.2. The minimum absolute atomic E-state index is 0.136. The van der Waals surface area contributed by atoms with Crippen molar-refractivity contribution in [1.82, 2.24) is 9.78 Å². The molecule has 2 aromatic carbocycles. The highest BCUT2D eigenvalue weighted by Crippen LogP contribution is 2.27. The first-order valence-corrected chi connectivity index (χ1v) is 11.0. The molecule has 0 radical (unpaired) electrons. The van der Waals surface area contributed by atoms with Crippen molar-refractivity contribution in [2.75, 3.05) is 56.8 Å². The van der Waals surface area contributed by atoms with Crippen LogP contribution in [0.3, 0.4) is 0 Å². The molecule has 1 aliphatic rings. The van der Waals surface area contributed by atoms with Crippen molar-refractivity contribution in [3.8, 4) is 22.7 Å². The van der Waals surface area contributed by atoms with Crippen LogP contribution in [0.4, 0.5) is 11.4 Å². The van der Waals surface area contributed by atoms with Crippen LogP contribution in [-0.4, -0.2) is 56.8 Å². The fourth-order valence-electron chi connectivity index (χ4n) is 3.86. The Balaban J connectivity index is 1.89. The van der Waals surface area contributed by atoms with Crippen molar-refractivity contribution < 1.29 is 9.47 Å². The SMILES string of the molecule is CCN(C)c1cc(-c2cccc(OC)c2)nn(-c2cc(N3CCOCC3)ccc2C)c1=O. The predicted octanol–water partition coefficient (Wildman–Crippen LogP) is 3.51. The van der Waals surface area contributed by atoms with E-state index < -0.39 is 0 Å². The summed E-state index contributed by atoms with van der Waals surface area (Å²) in [6.45, 7) is 7.82. The Morgan fingerprint density at radius 2 is 1.91 bits per heavy atom. The molecule has 0 saturated carbocycles. The van der Waals surface area contributed by atoms with Gasteiger partial charge in [0.25, 0.3) is 5.56 Å². The summed E-state index contributed by atoms with van der Waals surface area (Å²) in [4.78, 5) is 17.7. The summed E-state index contributed by atoms with van der Waals surface area (Å²) >= 11 is 0. The summed E-state index contributed by atoms with van der Waals surface area (Å²) in [5, 5.41) is 4.79. The summed E-state index contributed by atoms with van der Waals surface area (Å²) < 4.78 is 12.4. The Bertz CT molecular complexity index is 1150. The maximum Gasteiger partial charge on any atom is 0.295 e. The van der Waals surface area contributed by atoms with Gasteiger partial charge in [-0.05, 0) is 49.7 Å². The number of morpholine rings is 1. The number of methoxy groups -OCH3 is 1. The Labute approximate surface area is 188 Å². The molecule has 4 rings (SSSR count). The van der Waals surface area contributed by atoms with Gasteiger partial charge in [0.05, 0.1) is 31.7 Å². The van der Waals surface area contributed by atoms with Gasteiger partial charge in [-0.1, -0.05) is 18.2 Å². The normalized spacial score (nSPS) is 13.8. The predicted molar refractivity (Wildman–Crippen MR) is 129 cm³/mol. The van der Waals surface area contributed by atoms with E-state index in [0.717, 1.165) is 47.0 Å². The van der Waals surface area contributed by atoms with Gasteiger partial charge in [-0.3, -0.25) is 4.79 Å². The molecule has 168 valence electrons. The summed E-state index contributed by atoms with van der Waals surface area (Å²) in [5.74, 6) is 0.748. The van der Waals surface area contributed by atoms with Crippen LogP contribution < -0.4 is 20.1 Å². The van der Waals surface area contributed by atoms with Crippen molar-refractivity contribution in [2.45, 2.75) is 13.8 Å². The fourth-order valence-corrected chi connectivity index (χ4v) is 3.86. The van der Waals surface area contributed by atoms with Crippen molar-refractivity contribution in [1.29, 1.82) is 0 Å². The first kappa shape index (κ1) is 21.9. The third kappa shape index (κ3) is 4.34. The summed E-state index contributed by atoms with van der Waals surface area (Å²) in [6.07, 6.45) is 0. The van der Waals surface area contributed by atoms with Gasteiger partial charge in [0.1, 0.15) is 11.4 Å². The lowest BCUT2D eigenvalue weighted by Gasteiger charge is -2.29. The average molecular weight is 435 g/mol. The molecule has 0 N–H and O–H groups in total. The number of hydrogen-bond acceptors (Lipinski definition) is 6. The minimum Gasteiger partial charge on any atom is -0.497 e. The maximum absolute atomic E-state index is 13.5. The first-order valence-electron chi connectivity index (χ1n) is 11.0. The highest BCUT2D eigenvalue weighted by atomic mass is 16.5. The van der Waals surface area contributed by atoms with E-state index in [2.05, 4.69) is 23.1 Å². The molecule has 7 nitrogen and oxygen atoms in total. The highest BCUT2D eigenvalue weighted by molar-refractivity contribution is 5.66. The second-order valence-corrected chi connectivity index (χ2v) is 7.95. The van der Waals surface area contributed by atoms with E-state index in [0.29, 0.717) is 25.4 Å². The maximum atomic E-state index is 13.5. The van der Waals surface area contributed by atoms with Crippen molar-refractivity contribution in [3.05, 3.63) is 64.4 Å². The molecule has 1 saturated heterocycles. The second-order valence-electron chi connectivity index (χ2n) is 7.95. The summed E-state index contributed by atoms with van der Waals surface area (Å²) in [6, 6.07) is 15.8. The molecule has 32 heavy (non-hydrogen) atoms. The molecule has 1 aromatic heterocycles. The quantitative estimate of drug-likeness (QED) is 0.592. The van der Waals surface area contributed by atoms with Crippen LogP contribution in [-0.2, 0) is 4.74 Å². The van der Waals surface area contributed by atoms with Gasteiger partial charge >= 0.3 is 0 Å². The molecule has 7 heteroatoms. The fraction of sp³-hybridized carbons (Fsp3) is 0.360. The van der Waals surface area contributed by atoms with Gasteiger partial charge in [0, 0.05) is 37.9 Å². The molecule has 2 heterocycles. The van der Waals surface area contributed by atoms with Crippen LogP contribution in [0, 0.1) is 6.92 Å². The van der Waals surface area contributed by atoms with E-state index in [9.17, 15) is 4.79 Å². The van der Waals surface area contributed by atoms with Crippen LogP contribution >= 0.6 is 0 Å². The summed E-state index contributed by atoms with van der Waals surface area (Å²) in [7, 11) is 3.57. The zero-order valence-electron chi connectivity index (χ0n) is 19.2. The Morgan fingerprint density at radius 1 is 1.12 bits per heavy atom. The topological polar surface area (TPSA) is 59.8 Å². The van der Waals surface area contributed by atoms with Gasteiger partial charge in [-0.25, -0.2) is 0 Å². The molecule has 1 fully saturated rings. The van der Waals surface area contributed by atoms with E-state index in [-0.39, 0.29) is 5.56 Å². The smallest absolute Gasteiger partial charge is 0.295 e. The van der Waals surface area contributed by atoms with E-state index >= 15 is 0 Å². The highest BCUT2D eigenvalue weighted by Gasteiger charge is 2.18. The number of nitrogens with zero attached hydrogens (tertiary/aromatic N) is 4.